The normalized spacial score (nSPS) is 11.9. The van der Waals surface area contributed by atoms with Crippen LogP contribution < -0.4 is 0 Å². The number of carbonyl (C=O) groups is 1. The molecule has 0 fully saturated rings. The Balaban J connectivity index is 0. The zero-order valence-electron chi connectivity index (χ0n) is 10.7. The molecule has 0 spiro atoms. The quantitative estimate of drug-likeness (QED) is 0.448. The molecule has 0 aliphatic rings. The number of rotatable bonds is 11. The van der Waals surface area contributed by atoms with Gasteiger partial charge in [0.2, 0.25) is 0 Å². The van der Waals surface area contributed by atoms with E-state index < -0.39 is 11.9 Å². The molecular formula is C14H28NaO2. The summed E-state index contributed by atoms with van der Waals surface area (Å²) in [6.07, 6.45) is 12.2. The maximum absolute atomic E-state index is 10.5. The Kier molecular flexibility index (Phi) is 16.9. The van der Waals surface area contributed by atoms with E-state index in [2.05, 4.69) is 13.8 Å². The molecule has 17 heavy (non-hydrogen) atoms. The van der Waals surface area contributed by atoms with Gasteiger partial charge in [0.05, 0.1) is 5.92 Å². The van der Waals surface area contributed by atoms with Gasteiger partial charge in [-0.25, -0.2) is 0 Å². The molecule has 0 aromatic carbocycles. The second-order valence-electron chi connectivity index (χ2n) is 4.65. The fraction of sp³-hybridized carbons (Fsp3) is 0.857. The monoisotopic (exact) mass is 251 g/mol. The molecule has 0 aliphatic carbocycles. The van der Waals surface area contributed by atoms with Crippen LogP contribution in [0.5, 0.6) is 0 Å². The van der Waals surface area contributed by atoms with E-state index >= 15 is 0 Å². The number of carboxylic acids is 1. The molecule has 1 unspecified atom stereocenters. The molecule has 3 heteroatoms. The van der Waals surface area contributed by atoms with Gasteiger partial charge in [0.1, 0.15) is 0 Å². The third kappa shape index (κ3) is 14.4. The summed E-state index contributed by atoms with van der Waals surface area (Å²) in [6, 6.07) is 0. The number of aliphatic carboxylic acids is 1. The van der Waals surface area contributed by atoms with E-state index in [1.807, 2.05) is 0 Å². The second-order valence-corrected chi connectivity index (χ2v) is 4.65. The molecule has 0 saturated heterocycles. The van der Waals surface area contributed by atoms with Crippen molar-refractivity contribution in [2.24, 2.45) is 5.92 Å². The molecule has 0 rings (SSSR count). The van der Waals surface area contributed by atoms with Gasteiger partial charge in [0.25, 0.3) is 0 Å². The van der Waals surface area contributed by atoms with Gasteiger partial charge in [-0.1, -0.05) is 64.7 Å². The summed E-state index contributed by atoms with van der Waals surface area (Å²) < 4.78 is 0. The zero-order chi connectivity index (χ0) is 12.2. The first-order valence-electron chi connectivity index (χ1n) is 6.74. The van der Waals surface area contributed by atoms with Crippen LogP contribution in [0.25, 0.3) is 0 Å². The van der Waals surface area contributed by atoms with Crippen LogP contribution in [0, 0.1) is 12.8 Å². The van der Waals surface area contributed by atoms with Gasteiger partial charge in [-0.15, -0.1) is 0 Å². The molecule has 2 nitrogen and oxygen atoms in total. The van der Waals surface area contributed by atoms with Gasteiger partial charge in [0.15, 0.2) is 0 Å². The molecule has 0 aromatic rings. The summed E-state index contributed by atoms with van der Waals surface area (Å²) in [5.41, 5.74) is 0. The second kappa shape index (κ2) is 14.5. The first kappa shape index (κ1) is 19.8. The molecule has 1 N–H and O–H groups in total. The summed E-state index contributed by atoms with van der Waals surface area (Å²) in [5, 5.41) is 8.64. The molecule has 0 amide bonds. The fourth-order valence-electron chi connectivity index (χ4n) is 1.82. The first-order chi connectivity index (χ1) is 7.68. The van der Waals surface area contributed by atoms with E-state index in [9.17, 15) is 4.79 Å². The van der Waals surface area contributed by atoms with Crippen molar-refractivity contribution in [1.82, 2.24) is 0 Å². The van der Waals surface area contributed by atoms with Crippen molar-refractivity contribution in [2.75, 3.05) is 0 Å². The van der Waals surface area contributed by atoms with Crippen LogP contribution >= 0.6 is 0 Å². The Hall–Kier alpha value is 0.470. The molecule has 0 heterocycles. The molecule has 0 aromatic heterocycles. The summed E-state index contributed by atoms with van der Waals surface area (Å²) >= 11 is 0. The molecule has 1 atom stereocenters. The Labute approximate surface area is 129 Å². The fourth-order valence-corrected chi connectivity index (χ4v) is 1.82. The Morgan fingerprint density at radius 1 is 1.00 bits per heavy atom. The van der Waals surface area contributed by atoms with Gasteiger partial charge < -0.3 is 5.11 Å². The molecule has 1 radical (unpaired) electrons. The van der Waals surface area contributed by atoms with E-state index in [0.717, 1.165) is 19.3 Å². The standard InChI is InChI=1S/C14H27O2.Na.H/c1-3-4-5-6-7-8-9-10-11-12-13(2)14(15)16;;/h13H,2-12H2,1H3,(H,15,16);;. The van der Waals surface area contributed by atoms with Crippen molar-refractivity contribution >= 4 is 35.5 Å². The van der Waals surface area contributed by atoms with Gasteiger partial charge in [-0.05, 0) is 13.3 Å². The van der Waals surface area contributed by atoms with Gasteiger partial charge >= 0.3 is 35.5 Å². The van der Waals surface area contributed by atoms with Gasteiger partial charge in [-0.2, -0.15) is 0 Å². The maximum atomic E-state index is 10.5. The average molecular weight is 251 g/mol. The van der Waals surface area contributed by atoms with E-state index in [0.29, 0.717) is 0 Å². The SMILES string of the molecule is [CH2]C(CCCCCCCCCCC)C(=O)O.[NaH]. The van der Waals surface area contributed by atoms with E-state index in [1.54, 1.807) is 0 Å². The Bertz CT molecular complexity index is 172. The van der Waals surface area contributed by atoms with Crippen LogP contribution in [0.3, 0.4) is 0 Å². The molecule has 0 saturated carbocycles. The number of hydrogen-bond acceptors (Lipinski definition) is 1. The molecular weight excluding hydrogens is 223 g/mol. The Morgan fingerprint density at radius 2 is 1.41 bits per heavy atom. The van der Waals surface area contributed by atoms with E-state index in [-0.39, 0.29) is 29.6 Å². The summed E-state index contributed by atoms with van der Waals surface area (Å²) in [5.74, 6) is -1.18. The third-order valence-electron chi connectivity index (χ3n) is 3.01. The summed E-state index contributed by atoms with van der Waals surface area (Å²) in [6.45, 7) is 5.84. The van der Waals surface area contributed by atoms with Gasteiger partial charge in [-0.3, -0.25) is 4.79 Å². The predicted octanol–water partition coefficient (Wildman–Crippen LogP) is 3.79. The van der Waals surface area contributed by atoms with E-state index in [1.165, 1.54) is 44.9 Å². The summed E-state index contributed by atoms with van der Waals surface area (Å²) in [7, 11) is 0. The predicted molar refractivity (Wildman–Crippen MR) is 75.5 cm³/mol. The minimum atomic E-state index is -0.764. The zero-order valence-corrected chi connectivity index (χ0v) is 10.7. The van der Waals surface area contributed by atoms with Crippen molar-refractivity contribution < 1.29 is 9.90 Å². The van der Waals surface area contributed by atoms with Crippen molar-refractivity contribution in [3.05, 3.63) is 6.92 Å². The van der Waals surface area contributed by atoms with Crippen molar-refractivity contribution in [3.8, 4) is 0 Å². The minimum absolute atomic E-state index is 0. The van der Waals surface area contributed by atoms with Crippen LogP contribution in [0.1, 0.15) is 71.1 Å². The molecule has 0 bridgehead atoms. The third-order valence-corrected chi connectivity index (χ3v) is 3.01. The van der Waals surface area contributed by atoms with Crippen LogP contribution in [-0.2, 0) is 4.79 Å². The first-order valence-corrected chi connectivity index (χ1v) is 6.74. The number of carboxylic acid groups (broad SMARTS) is 1. The molecule has 0 aliphatic heterocycles. The van der Waals surface area contributed by atoms with Crippen molar-refractivity contribution in [2.45, 2.75) is 71.1 Å². The van der Waals surface area contributed by atoms with Crippen molar-refractivity contribution in [1.29, 1.82) is 0 Å². The van der Waals surface area contributed by atoms with Crippen LogP contribution in [0.4, 0.5) is 0 Å². The van der Waals surface area contributed by atoms with Crippen LogP contribution in [0.2, 0.25) is 0 Å². The van der Waals surface area contributed by atoms with Gasteiger partial charge in [0, 0.05) is 0 Å². The number of hydrogen-bond donors (Lipinski definition) is 1. The van der Waals surface area contributed by atoms with Crippen LogP contribution in [0.15, 0.2) is 0 Å². The number of unbranched alkanes of at least 4 members (excludes halogenated alkanes) is 8. The Morgan fingerprint density at radius 3 is 1.82 bits per heavy atom. The topological polar surface area (TPSA) is 37.3 Å². The summed E-state index contributed by atoms with van der Waals surface area (Å²) in [4.78, 5) is 10.5. The van der Waals surface area contributed by atoms with Crippen LogP contribution in [-0.4, -0.2) is 40.6 Å². The van der Waals surface area contributed by atoms with E-state index in [4.69, 9.17) is 5.11 Å². The average Bonchev–Trinajstić information content (AvgIpc) is 2.26. The van der Waals surface area contributed by atoms with Crippen molar-refractivity contribution in [3.63, 3.8) is 0 Å². The molecule has 97 valence electrons.